The summed E-state index contributed by atoms with van der Waals surface area (Å²) in [6.07, 6.45) is 1.17. The van der Waals surface area contributed by atoms with E-state index < -0.39 is 0 Å². The zero-order valence-electron chi connectivity index (χ0n) is 12.1. The molecule has 0 saturated heterocycles. The lowest BCUT2D eigenvalue weighted by molar-refractivity contribution is 0.647. The van der Waals surface area contributed by atoms with Crippen molar-refractivity contribution in [1.29, 1.82) is 0 Å². The summed E-state index contributed by atoms with van der Waals surface area (Å²) < 4.78 is 1.18. The molecule has 0 radical (unpaired) electrons. The van der Waals surface area contributed by atoms with Crippen LogP contribution < -0.4 is 10.2 Å². The van der Waals surface area contributed by atoms with Gasteiger partial charge >= 0.3 is 0 Å². The average Bonchev–Trinajstić information content (AvgIpc) is 2.34. The van der Waals surface area contributed by atoms with Crippen LogP contribution in [-0.4, -0.2) is 19.6 Å². The van der Waals surface area contributed by atoms with Gasteiger partial charge < -0.3 is 10.2 Å². The summed E-state index contributed by atoms with van der Waals surface area (Å²) in [5.74, 6) is 0. The molecule has 0 bridgehead atoms. The van der Waals surface area contributed by atoms with Gasteiger partial charge in [-0.3, -0.25) is 0 Å². The molecule has 0 spiro atoms. The van der Waals surface area contributed by atoms with Crippen molar-refractivity contribution in [2.45, 2.75) is 46.2 Å². The number of nitrogens with one attached hydrogen (secondary N) is 1. The summed E-state index contributed by atoms with van der Waals surface area (Å²) in [5, 5.41) is 3.28. The van der Waals surface area contributed by atoms with Crippen LogP contribution in [-0.2, 0) is 0 Å². The lowest BCUT2D eigenvalue weighted by Gasteiger charge is -2.29. The summed E-state index contributed by atoms with van der Waals surface area (Å²) in [6.45, 7) is 9.99. The maximum Gasteiger partial charge on any atom is 0.0380 e. The molecular weight excluding hydrogens is 288 g/mol. The summed E-state index contributed by atoms with van der Waals surface area (Å²) in [6, 6.07) is 7.57. The number of rotatable bonds is 6. The molecule has 0 heterocycles. The van der Waals surface area contributed by atoms with Gasteiger partial charge in [0.05, 0.1) is 0 Å². The number of halogens is 1. The van der Waals surface area contributed by atoms with Gasteiger partial charge in [-0.05, 0) is 51.9 Å². The van der Waals surface area contributed by atoms with E-state index in [0.29, 0.717) is 12.1 Å². The third-order valence-corrected chi connectivity index (χ3v) is 3.99. The zero-order valence-corrected chi connectivity index (χ0v) is 13.7. The van der Waals surface area contributed by atoms with Crippen LogP contribution in [0, 0.1) is 0 Å². The highest BCUT2D eigenvalue weighted by atomic mass is 79.9. The van der Waals surface area contributed by atoms with E-state index in [1.54, 1.807) is 0 Å². The molecule has 3 heteroatoms. The van der Waals surface area contributed by atoms with Crippen molar-refractivity contribution in [3.63, 3.8) is 0 Å². The number of anilines is 1. The van der Waals surface area contributed by atoms with Crippen molar-refractivity contribution in [3.05, 3.63) is 28.2 Å². The van der Waals surface area contributed by atoms with Gasteiger partial charge in [-0.2, -0.15) is 0 Å². The Bertz CT molecular complexity index is 377. The van der Waals surface area contributed by atoms with Gasteiger partial charge in [0.2, 0.25) is 0 Å². The molecule has 0 aromatic heterocycles. The normalized spacial score (nSPS) is 12.8. The molecule has 0 aliphatic rings. The van der Waals surface area contributed by atoms with Crippen LogP contribution in [0.5, 0.6) is 0 Å². The lowest BCUT2D eigenvalue weighted by atomic mass is 10.1. The fourth-order valence-corrected chi connectivity index (χ4v) is 2.84. The molecular formula is C15H25BrN2. The Kier molecular flexibility index (Phi) is 6.16. The van der Waals surface area contributed by atoms with E-state index >= 15 is 0 Å². The molecule has 0 fully saturated rings. The van der Waals surface area contributed by atoms with Gasteiger partial charge in [0.1, 0.15) is 0 Å². The summed E-state index contributed by atoms with van der Waals surface area (Å²) in [7, 11) is 1.99. The monoisotopic (exact) mass is 312 g/mol. The van der Waals surface area contributed by atoms with E-state index in [-0.39, 0.29) is 0 Å². The minimum atomic E-state index is 0.368. The molecule has 1 atom stereocenters. The van der Waals surface area contributed by atoms with E-state index in [2.05, 4.69) is 72.0 Å². The topological polar surface area (TPSA) is 15.3 Å². The Labute approximate surface area is 120 Å². The molecule has 1 aromatic carbocycles. The van der Waals surface area contributed by atoms with Crippen molar-refractivity contribution >= 4 is 21.6 Å². The predicted molar refractivity (Wildman–Crippen MR) is 84.4 cm³/mol. The quantitative estimate of drug-likeness (QED) is 0.840. The molecule has 1 rings (SSSR count). The second kappa shape index (κ2) is 7.15. The zero-order chi connectivity index (χ0) is 13.7. The standard InChI is InChI=1S/C15H25BrN2/c1-6-9-18(11(2)3)13-7-8-14(12(4)17-5)15(16)10-13/h7-8,10-12,17H,6,9H2,1-5H3. The molecule has 1 N–H and O–H groups in total. The molecule has 0 amide bonds. The minimum Gasteiger partial charge on any atom is -0.369 e. The fourth-order valence-electron chi connectivity index (χ4n) is 2.13. The van der Waals surface area contributed by atoms with Crippen molar-refractivity contribution in [1.82, 2.24) is 5.32 Å². The largest absolute Gasteiger partial charge is 0.369 e. The van der Waals surface area contributed by atoms with Crippen LogP contribution in [0.2, 0.25) is 0 Å². The summed E-state index contributed by atoms with van der Waals surface area (Å²) >= 11 is 3.69. The van der Waals surface area contributed by atoms with Crippen molar-refractivity contribution in [3.8, 4) is 0 Å². The molecule has 0 aliphatic carbocycles. The Balaban J connectivity index is 3.01. The van der Waals surface area contributed by atoms with Gasteiger partial charge in [-0.1, -0.05) is 28.9 Å². The second-order valence-electron chi connectivity index (χ2n) is 5.00. The highest BCUT2D eigenvalue weighted by Crippen LogP contribution is 2.29. The van der Waals surface area contributed by atoms with Gasteiger partial charge in [0.15, 0.2) is 0 Å². The molecule has 1 unspecified atom stereocenters. The van der Waals surface area contributed by atoms with Crippen molar-refractivity contribution < 1.29 is 0 Å². The van der Waals surface area contributed by atoms with E-state index in [4.69, 9.17) is 0 Å². The molecule has 102 valence electrons. The third kappa shape index (κ3) is 3.72. The maximum atomic E-state index is 3.69. The van der Waals surface area contributed by atoms with E-state index in [0.717, 1.165) is 6.54 Å². The van der Waals surface area contributed by atoms with E-state index in [1.807, 2.05) is 7.05 Å². The first-order chi connectivity index (χ1) is 8.51. The van der Waals surface area contributed by atoms with Crippen molar-refractivity contribution in [2.75, 3.05) is 18.5 Å². The van der Waals surface area contributed by atoms with Crippen LogP contribution >= 0.6 is 15.9 Å². The Morgan fingerprint density at radius 2 is 1.94 bits per heavy atom. The third-order valence-electron chi connectivity index (χ3n) is 3.30. The number of hydrogen-bond donors (Lipinski definition) is 1. The van der Waals surface area contributed by atoms with Gasteiger partial charge in [-0.25, -0.2) is 0 Å². The average molecular weight is 313 g/mol. The fraction of sp³-hybridized carbons (Fsp3) is 0.600. The predicted octanol–water partition coefficient (Wildman–Crippen LogP) is 4.35. The van der Waals surface area contributed by atoms with Gasteiger partial charge in [0, 0.05) is 28.8 Å². The lowest BCUT2D eigenvalue weighted by Crippen LogP contribution is -2.31. The Morgan fingerprint density at radius 1 is 1.28 bits per heavy atom. The highest BCUT2D eigenvalue weighted by Gasteiger charge is 2.13. The Hall–Kier alpha value is -0.540. The Morgan fingerprint density at radius 3 is 2.39 bits per heavy atom. The molecule has 0 aliphatic heterocycles. The smallest absolute Gasteiger partial charge is 0.0380 e. The van der Waals surface area contributed by atoms with Crippen molar-refractivity contribution in [2.24, 2.45) is 0 Å². The van der Waals surface area contributed by atoms with Crippen LogP contribution in [0.3, 0.4) is 0 Å². The SMILES string of the molecule is CCCN(c1ccc(C(C)NC)c(Br)c1)C(C)C. The van der Waals surface area contributed by atoms with E-state index in [9.17, 15) is 0 Å². The molecule has 1 aromatic rings. The van der Waals surface area contributed by atoms with Crippen LogP contribution in [0.4, 0.5) is 5.69 Å². The molecule has 0 saturated carbocycles. The first-order valence-corrected chi connectivity index (χ1v) is 7.53. The molecule has 18 heavy (non-hydrogen) atoms. The number of nitrogens with zero attached hydrogens (tertiary/aromatic N) is 1. The summed E-state index contributed by atoms with van der Waals surface area (Å²) in [5.41, 5.74) is 2.60. The first kappa shape index (κ1) is 15.5. The van der Waals surface area contributed by atoms with Crippen LogP contribution in [0.1, 0.15) is 45.7 Å². The first-order valence-electron chi connectivity index (χ1n) is 6.74. The van der Waals surface area contributed by atoms with Gasteiger partial charge in [-0.15, -0.1) is 0 Å². The highest BCUT2D eigenvalue weighted by molar-refractivity contribution is 9.10. The second-order valence-corrected chi connectivity index (χ2v) is 5.86. The summed E-state index contributed by atoms with van der Waals surface area (Å²) in [4.78, 5) is 2.44. The van der Waals surface area contributed by atoms with Crippen LogP contribution in [0.25, 0.3) is 0 Å². The minimum absolute atomic E-state index is 0.368. The number of benzene rings is 1. The van der Waals surface area contributed by atoms with Crippen LogP contribution in [0.15, 0.2) is 22.7 Å². The molecule has 2 nitrogen and oxygen atoms in total. The van der Waals surface area contributed by atoms with Gasteiger partial charge in [0.25, 0.3) is 0 Å². The van der Waals surface area contributed by atoms with E-state index in [1.165, 1.54) is 22.1 Å². The number of hydrogen-bond acceptors (Lipinski definition) is 2. The maximum absolute atomic E-state index is 3.69.